The van der Waals surface area contributed by atoms with E-state index in [0.717, 1.165) is 23.1 Å². The quantitative estimate of drug-likeness (QED) is 0.746. The molecule has 0 aliphatic rings. The first-order valence-corrected chi connectivity index (χ1v) is 6.86. The third-order valence-corrected chi connectivity index (χ3v) is 4.16. The highest BCUT2D eigenvalue weighted by molar-refractivity contribution is 8.01. The highest BCUT2D eigenvalue weighted by Crippen LogP contribution is 2.22. The summed E-state index contributed by atoms with van der Waals surface area (Å²) in [6.45, 7) is 7.53. The van der Waals surface area contributed by atoms with E-state index in [0.29, 0.717) is 5.75 Å². The Bertz CT molecular complexity index is 321. The number of thioether (sulfide) groups is 1. The Morgan fingerprint density at radius 2 is 2.20 bits per heavy atom. The molecule has 0 bridgehead atoms. The maximum atomic E-state index is 11.7. The van der Waals surface area contributed by atoms with Crippen LogP contribution in [0.4, 0.5) is 0 Å². The van der Waals surface area contributed by atoms with Crippen molar-refractivity contribution in [3.05, 3.63) is 11.1 Å². The summed E-state index contributed by atoms with van der Waals surface area (Å²) in [5, 5.41) is 2.00. The predicted octanol–water partition coefficient (Wildman–Crippen LogP) is 2.41. The molecule has 0 aliphatic carbocycles. The van der Waals surface area contributed by atoms with Crippen molar-refractivity contribution in [1.29, 1.82) is 0 Å². The number of thiazole rings is 1. The first kappa shape index (κ1) is 12.5. The molecule has 84 valence electrons. The fraction of sp³-hybridized carbons (Fsp3) is 0.600. The highest BCUT2D eigenvalue weighted by Gasteiger charge is 2.10. The van der Waals surface area contributed by atoms with E-state index in [2.05, 4.69) is 4.98 Å². The molecule has 0 unspecified atom stereocenters. The lowest BCUT2D eigenvalue weighted by molar-refractivity contribution is -0.127. The molecule has 1 rings (SSSR count). The molecule has 0 radical (unpaired) electrons. The van der Waals surface area contributed by atoms with Gasteiger partial charge in [-0.15, -0.1) is 11.3 Å². The third-order valence-electron chi connectivity index (χ3n) is 2.03. The van der Waals surface area contributed by atoms with Crippen LogP contribution in [0.25, 0.3) is 0 Å². The zero-order chi connectivity index (χ0) is 11.3. The van der Waals surface area contributed by atoms with E-state index in [4.69, 9.17) is 0 Å². The Labute approximate surface area is 98.9 Å². The van der Waals surface area contributed by atoms with Crippen LogP contribution in [0.5, 0.6) is 0 Å². The molecule has 0 atom stereocenters. The molecule has 1 heterocycles. The topological polar surface area (TPSA) is 33.2 Å². The van der Waals surface area contributed by atoms with Gasteiger partial charge in [0.1, 0.15) is 0 Å². The van der Waals surface area contributed by atoms with Gasteiger partial charge in [-0.25, -0.2) is 4.98 Å². The maximum absolute atomic E-state index is 11.7. The molecule has 0 saturated carbocycles. The number of hydrogen-bond acceptors (Lipinski definition) is 4. The number of carbonyl (C=O) groups is 1. The molecular formula is C10H16N2OS2. The number of carbonyl (C=O) groups excluding carboxylic acids is 1. The molecule has 1 amide bonds. The summed E-state index contributed by atoms with van der Waals surface area (Å²) in [6, 6.07) is 0. The summed E-state index contributed by atoms with van der Waals surface area (Å²) in [7, 11) is 0. The zero-order valence-electron chi connectivity index (χ0n) is 9.32. The minimum absolute atomic E-state index is 0.192. The van der Waals surface area contributed by atoms with Gasteiger partial charge in [0.2, 0.25) is 5.91 Å². The maximum Gasteiger partial charge on any atom is 0.232 e. The summed E-state index contributed by atoms with van der Waals surface area (Å²) in [5.74, 6) is 0.687. The van der Waals surface area contributed by atoms with E-state index in [1.807, 2.05) is 31.1 Å². The molecule has 0 aromatic carbocycles. The van der Waals surface area contributed by atoms with E-state index in [1.165, 1.54) is 11.8 Å². The van der Waals surface area contributed by atoms with Crippen molar-refractivity contribution >= 4 is 29.0 Å². The number of nitrogens with zero attached hydrogens (tertiary/aromatic N) is 2. The SMILES string of the molecule is CCN(CC)C(=O)CSc1nc(C)cs1. The van der Waals surface area contributed by atoms with E-state index in [1.54, 1.807) is 11.3 Å². The van der Waals surface area contributed by atoms with Crippen LogP contribution in [0.3, 0.4) is 0 Å². The van der Waals surface area contributed by atoms with Gasteiger partial charge in [0, 0.05) is 24.2 Å². The molecule has 0 fully saturated rings. The number of amides is 1. The molecular weight excluding hydrogens is 228 g/mol. The average molecular weight is 244 g/mol. The van der Waals surface area contributed by atoms with Crippen LogP contribution in [-0.2, 0) is 4.79 Å². The van der Waals surface area contributed by atoms with Crippen molar-refractivity contribution in [3.63, 3.8) is 0 Å². The highest BCUT2D eigenvalue weighted by atomic mass is 32.2. The molecule has 1 aromatic heterocycles. The van der Waals surface area contributed by atoms with Gasteiger partial charge in [0.05, 0.1) is 5.75 Å². The van der Waals surface area contributed by atoms with Crippen molar-refractivity contribution in [2.45, 2.75) is 25.1 Å². The van der Waals surface area contributed by atoms with Crippen molar-refractivity contribution in [2.75, 3.05) is 18.8 Å². The van der Waals surface area contributed by atoms with E-state index >= 15 is 0 Å². The lowest BCUT2D eigenvalue weighted by atomic mass is 10.5. The Balaban J connectivity index is 2.40. The Kier molecular flexibility index (Phi) is 5.11. The number of hydrogen-bond donors (Lipinski definition) is 0. The smallest absolute Gasteiger partial charge is 0.232 e. The van der Waals surface area contributed by atoms with Gasteiger partial charge < -0.3 is 4.90 Å². The van der Waals surface area contributed by atoms with Crippen molar-refractivity contribution in [1.82, 2.24) is 9.88 Å². The predicted molar refractivity (Wildman–Crippen MR) is 65.5 cm³/mol. The van der Waals surface area contributed by atoms with Gasteiger partial charge >= 0.3 is 0 Å². The lowest BCUT2D eigenvalue weighted by Crippen LogP contribution is -2.31. The molecule has 15 heavy (non-hydrogen) atoms. The van der Waals surface area contributed by atoms with Crippen LogP contribution in [0.15, 0.2) is 9.72 Å². The first-order valence-electron chi connectivity index (χ1n) is 5.00. The lowest BCUT2D eigenvalue weighted by Gasteiger charge is -2.17. The van der Waals surface area contributed by atoms with Gasteiger partial charge in [-0.2, -0.15) is 0 Å². The summed E-state index contributed by atoms with van der Waals surface area (Å²) in [6.07, 6.45) is 0. The molecule has 1 aromatic rings. The fourth-order valence-electron chi connectivity index (χ4n) is 1.19. The van der Waals surface area contributed by atoms with Gasteiger partial charge in [-0.3, -0.25) is 4.79 Å². The number of aromatic nitrogens is 1. The van der Waals surface area contributed by atoms with Gasteiger partial charge in [0.15, 0.2) is 4.34 Å². The molecule has 3 nitrogen and oxygen atoms in total. The Hall–Kier alpha value is -0.550. The molecule has 0 N–H and O–H groups in total. The number of rotatable bonds is 5. The second kappa shape index (κ2) is 6.12. The van der Waals surface area contributed by atoms with Crippen LogP contribution in [0, 0.1) is 6.92 Å². The average Bonchev–Trinajstić information content (AvgIpc) is 2.63. The van der Waals surface area contributed by atoms with Gasteiger partial charge in [-0.1, -0.05) is 11.8 Å². The van der Waals surface area contributed by atoms with E-state index in [9.17, 15) is 4.79 Å². The standard InChI is InChI=1S/C10H16N2OS2/c1-4-12(5-2)9(13)7-15-10-11-8(3)6-14-10/h6H,4-5,7H2,1-3H3. The fourth-order valence-corrected chi connectivity index (χ4v) is 2.94. The van der Waals surface area contributed by atoms with E-state index < -0.39 is 0 Å². The zero-order valence-corrected chi connectivity index (χ0v) is 11.0. The van der Waals surface area contributed by atoms with Crippen molar-refractivity contribution < 1.29 is 4.79 Å². The summed E-state index contributed by atoms with van der Waals surface area (Å²) >= 11 is 3.12. The second-order valence-corrected chi connectivity index (χ2v) is 5.19. The van der Waals surface area contributed by atoms with Crippen LogP contribution in [-0.4, -0.2) is 34.6 Å². The molecule has 0 saturated heterocycles. The molecule has 0 spiro atoms. The van der Waals surface area contributed by atoms with Gasteiger partial charge in [-0.05, 0) is 20.8 Å². The van der Waals surface area contributed by atoms with Crippen molar-refractivity contribution in [3.8, 4) is 0 Å². The minimum Gasteiger partial charge on any atom is -0.343 e. The number of aryl methyl sites for hydroxylation is 1. The largest absolute Gasteiger partial charge is 0.343 e. The summed E-state index contributed by atoms with van der Waals surface area (Å²) < 4.78 is 0.980. The van der Waals surface area contributed by atoms with Gasteiger partial charge in [0.25, 0.3) is 0 Å². The second-order valence-electron chi connectivity index (χ2n) is 3.11. The van der Waals surface area contributed by atoms with Crippen LogP contribution in [0.1, 0.15) is 19.5 Å². The summed E-state index contributed by atoms with van der Waals surface area (Å²) in [5.41, 5.74) is 1.03. The minimum atomic E-state index is 0.192. The Morgan fingerprint density at radius 1 is 1.53 bits per heavy atom. The first-order chi connectivity index (χ1) is 7.17. The van der Waals surface area contributed by atoms with Crippen LogP contribution in [0.2, 0.25) is 0 Å². The van der Waals surface area contributed by atoms with Crippen molar-refractivity contribution in [2.24, 2.45) is 0 Å². The summed E-state index contributed by atoms with van der Waals surface area (Å²) in [4.78, 5) is 17.8. The normalized spacial score (nSPS) is 10.3. The molecule has 0 aliphatic heterocycles. The molecule has 5 heteroatoms. The monoisotopic (exact) mass is 244 g/mol. The van der Waals surface area contributed by atoms with E-state index in [-0.39, 0.29) is 5.91 Å². The Morgan fingerprint density at radius 3 is 2.67 bits per heavy atom. The van der Waals surface area contributed by atoms with Crippen LogP contribution < -0.4 is 0 Å². The van der Waals surface area contributed by atoms with Crippen LogP contribution >= 0.6 is 23.1 Å². The third kappa shape index (κ3) is 3.83.